The van der Waals surface area contributed by atoms with Gasteiger partial charge in [0.2, 0.25) is 5.82 Å². The highest BCUT2D eigenvalue weighted by Crippen LogP contribution is 2.33. The van der Waals surface area contributed by atoms with Crippen molar-refractivity contribution in [3.8, 4) is 11.4 Å². The summed E-state index contributed by atoms with van der Waals surface area (Å²) in [6.07, 6.45) is 0.551. The zero-order valence-electron chi connectivity index (χ0n) is 13.0. The van der Waals surface area contributed by atoms with Crippen molar-refractivity contribution in [2.75, 3.05) is 0 Å². The maximum absolute atomic E-state index is 12.4. The number of Topliss-reactive ketones (excluding diaryl/α,β-unsaturated/α-hetero) is 1. The Morgan fingerprint density at radius 1 is 1.21 bits per heavy atom. The predicted octanol–water partition coefficient (Wildman–Crippen LogP) is 4.45. The second kappa shape index (κ2) is 6.75. The highest BCUT2D eigenvalue weighted by atomic mass is 19.4. The van der Waals surface area contributed by atoms with Gasteiger partial charge in [-0.3, -0.25) is 4.79 Å². The molecule has 1 saturated carbocycles. The molecule has 1 aliphatic carbocycles. The van der Waals surface area contributed by atoms with E-state index >= 15 is 0 Å². The number of halogens is 3. The van der Waals surface area contributed by atoms with Crippen LogP contribution in [0.4, 0.5) is 13.2 Å². The SMILES string of the molecule is O=C(CCCc1ccc(-c2noc(C(F)(F)F)n2)cc1)CC1CC1. The third-order valence-electron chi connectivity index (χ3n) is 4.01. The largest absolute Gasteiger partial charge is 0.471 e. The van der Waals surface area contributed by atoms with Crippen LogP contribution >= 0.6 is 0 Å². The Labute approximate surface area is 137 Å². The summed E-state index contributed by atoms with van der Waals surface area (Å²) >= 11 is 0. The minimum Gasteiger partial charge on any atom is -0.329 e. The van der Waals surface area contributed by atoms with Gasteiger partial charge in [-0.2, -0.15) is 18.2 Å². The van der Waals surface area contributed by atoms with Crippen molar-refractivity contribution in [2.45, 2.75) is 44.7 Å². The molecule has 1 aromatic carbocycles. The first kappa shape index (κ1) is 16.7. The van der Waals surface area contributed by atoms with Crippen molar-refractivity contribution >= 4 is 5.78 Å². The van der Waals surface area contributed by atoms with E-state index in [1.54, 1.807) is 12.1 Å². The molecule has 24 heavy (non-hydrogen) atoms. The lowest BCUT2D eigenvalue weighted by Crippen LogP contribution is -2.04. The molecule has 3 rings (SSSR count). The number of aryl methyl sites for hydroxylation is 1. The zero-order chi connectivity index (χ0) is 17.2. The number of rotatable bonds is 7. The average molecular weight is 338 g/mol. The molecule has 1 fully saturated rings. The van der Waals surface area contributed by atoms with Gasteiger partial charge >= 0.3 is 12.1 Å². The van der Waals surface area contributed by atoms with Crippen LogP contribution in [-0.2, 0) is 17.4 Å². The van der Waals surface area contributed by atoms with Crippen LogP contribution in [0, 0.1) is 5.92 Å². The molecule has 0 radical (unpaired) electrons. The van der Waals surface area contributed by atoms with Crippen molar-refractivity contribution in [2.24, 2.45) is 5.92 Å². The Hall–Kier alpha value is -2.18. The van der Waals surface area contributed by atoms with Crippen molar-refractivity contribution in [1.29, 1.82) is 0 Å². The number of nitrogens with zero attached hydrogens (tertiary/aromatic N) is 2. The molecule has 0 unspecified atom stereocenters. The molecule has 2 aromatic rings. The van der Waals surface area contributed by atoms with Gasteiger partial charge in [-0.05, 0) is 37.2 Å². The van der Waals surface area contributed by atoms with Crippen LogP contribution in [0.2, 0.25) is 0 Å². The first-order chi connectivity index (χ1) is 11.4. The van der Waals surface area contributed by atoms with Crippen LogP contribution in [0.3, 0.4) is 0 Å². The van der Waals surface area contributed by atoms with Gasteiger partial charge in [0.05, 0.1) is 0 Å². The quantitative estimate of drug-likeness (QED) is 0.748. The van der Waals surface area contributed by atoms with E-state index in [4.69, 9.17) is 0 Å². The van der Waals surface area contributed by atoms with Crippen molar-refractivity contribution in [3.63, 3.8) is 0 Å². The zero-order valence-corrected chi connectivity index (χ0v) is 13.0. The Morgan fingerprint density at radius 3 is 2.50 bits per heavy atom. The number of alkyl halides is 3. The Bertz CT molecular complexity index is 703. The summed E-state index contributed by atoms with van der Waals surface area (Å²) in [4.78, 5) is 15.0. The summed E-state index contributed by atoms with van der Waals surface area (Å²) in [5.74, 6) is -0.502. The van der Waals surface area contributed by atoms with E-state index in [1.165, 1.54) is 12.8 Å². The standard InChI is InChI=1S/C17H17F3N2O2/c18-17(19,20)16-21-15(22-24-16)13-8-6-11(7-9-13)2-1-3-14(23)10-12-4-5-12/h6-9,12H,1-5,10H2. The molecule has 0 bridgehead atoms. The van der Waals surface area contributed by atoms with Gasteiger partial charge in [0, 0.05) is 18.4 Å². The van der Waals surface area contributed by atoms with Crippen LogP contribution in [0.25, 0.3) is 11.4 Å². The maximum atomic E-state index is 12.4. The molecule has 128 valence electrons. The molecule has 1 aromatic heterocycles. The molecule has 1 heterocycles. The number of carbonyl (C=O) groups is 1. The second-order valence-corrected chi connectivity index (χ2v) is 6.16. The third-order valence-corrected chi connectivity index (χ3v) is 4.01. The lowest BCUT2D eigenvalue weighted by molar-refractivity contribution is -0.159. The van der Waals surface area contributed by atoms with E-state index < -0.39 is 12.1 Å². The Morgan fingerprint density at radius 2 is 1.92 bits per heavy atom. The molecule has 0 N–H and O–H groups in total. The first-order valence-corrected chi connectivity index (χ1v) is 7.94. The van der Waals surface area contributed by atoms with Gasteiger partial charge in [-0.1, -0.05) is 29.4 Å². The van der Waals surface area contributed by atoms with Crippen LogP contribution in [-0.4, -0.2) is 15.9 Å². The minimum atomic E-state index is -4.64. The lowest BCUT2D eigenvalue weighted by Gasteiger charge is -2.02. The third kappa shape index (κ3) is 4.43. The number of aromatic nitrogens is 2. The number of hydrogen-bond donors (Lipinski definition) is 0. The van der Waals surface area contributed by atoms with Crippen LogP contribution in [0.5, 0.6) is 0 Å². The molecule has 0 atom stereocenters. The van der Waals surface area contributed by atoms with Gasteiger partial charge in [0.15, 0.2) is 0 Å². The number of carbonyl (C=O) groups excluding carboxylic acids is 1. The summed E-state index contributed by atoms with van der Waals surface area (Å²) in [5.41, 5.74) is 1.49. The monoisotopic (exact) mass is 338 g/mol. The summed E-state index contributed by atoms with van der Waals surface area (Å²) in [7, 11) is 0. The van der Waals surface area contributed by atoms with Crippen LogP contribution < -0.4 is 0 Å². The van der Waals surface area contributed by atoms with Crippen LogP contribution in [0.1, 0.15) is 43.6 Å². The van der Waals surface area contributed by atoms with Crippen LogP contribution in [0.15, 0.2) is 28.8 Å². The molecule has 0 spiro atoms. The Kier molecular flexibility index (Phi) is 4.69. The summed E-state index contributed by atoms with van der Waals surface area (Å²) in [5, 5.41) is 3.35. The summed E-state index contributed by atoms with van der Waals surface area (Å²) in [6.45, 7) is 0. The molecule has 0 saturated heterocycles. The molecule has 1 aliphatic rings. The molecule has 0 amide bonds. The van der Waals surface area contributed by atoms with E-state index in [2.05, 4.69) is 14.7 Å². The summed E-state index contributed by atoms with van der Waals surface area (Å²) < 4.78 is 41.6. The maximum Gasteiger partial charge on any atom is 0.471 e. The molecular formula is C17H17F3N2O2. The minimum absolute atomic E-state index is 0.0894. The van der Waals surface area contributed by atoms with Gasteiger partial charge in [0.1, 0.15) is 5.78 Å². The number of ketones is 1. The van der Waals surface area contributed by atoms with E-state index in [-0.39, 0.29) is 5.82 Å². The highest BCUT2D eigenvalue weighted by molar-refractivity contribution is 5.78. The van der Waals surface area contributed by atoms with Crippen molar-refractivity contribution in [3.05, 3.63) is 35.7 Å². The number of hydrogen-bond acceptors (Lipinski definition) is 4. The fraction of sp³-hybridized carbons (Fsp3) is 0.471. The molecular weight excluding hydrogens is 321 g/mol. The van der Waals surface area contributed by atoms with Gasteiger partial charge < -0.3 is 4.52 Å². The van der Waals surface area contributed by atoms with Crippen molar-refractivity contribution in [1.82, 2.24) is 10.1 Å². The first-order valence-electron chi connectivity index (χ1n) is 7.94. The van der Waals surface area contributed by atoms with E-state index in [9.17, 15) is 18.0 Å². The molecule has 0 aliphatic heterocycles. The fourth-order valence-corrected chi connectivity index (χ4v) is 2.51. The highest BCUT2D eigenvalue weighted by Gasteiger charge is 2.38. The second-order valence-electron chi connectivity index (χ2n) is 6.16. The van der Waals surface area contributed by atoms with Crippen molar-refractivity contribution < 1.29 is 22.5 Å². The lowest BCUT2D eigenvalue weighted by atomic mass is 10.0. The molecule has 7 heteroatoms. The Balaban J connectivity index is 1.53. The summed E-state index contributed by atoms with van der Waals surface area (Å²) in [6, 6.07) is 6.94. The van der Waals surface area contributed by atoms with E-state index in [0.717, 1.165) is 18.4 Å². The smallest absolute Gasteiger partial charge is 0.329 e. The normalized spacial score (nSPS) is 14.8. The average Bonchev–Trinajstić information content (AvgIpc) is 3.18. The topological polar surface area (TPSA) is 56.0 Å². The van der Waals surface area contributed by atoms with Gasteiger partial charge in [-0.25, -0.2) is 0 Å². The predicted molar refractivity (Wildman–Crippen MR) is 80.0 cm³/mol. The fourth-order valence-electron chi connectivity index (χ4n) is 2.51. The van der Waals surface area contributed by atoms with Gasteiger partial charge in [0.25, 0.3) is 0 Å². The molecule has 4 nitrogen and oxygen atoms in total. The van der Waals surface area contributed by atoms with Gasteiger partial charge in [-0.15, -0.1) is 0 Å². The van der Waals surface area contributed by atoms with E-state index in [1.807, 2.05) is 12.1 Å². The van der Waals surface area contributed by atoms with E-state index in [0.29, 0.717) is 30.1 Å². The number of benzene rings is 1.